The molecule has 1 aliphatic carbocycles. The van der Waals surface area contributed by atoms with Gasteiger partial charge in [-0.1, -0.05) is 0 Å². The van der Waals surface area contributed by atoms with E-state index in [0.29, 0.717) is 24.3 Å². The molecule has 2 fully saturated rings. The van der Waals surface area contributed by atoms with Crippen LogP contribution >= 0.6 is 0 Å². The highest BCUT2D eigenvalue weighted by atomic mass is 19.1. The third kappa shape index (κ3) is 3.53. The second-order valence-electron chi connectivity index (χ2n) is 8.22. The number of methoxy groups -OCH3 is 1. The molecule has 2 N–H and O–H groups in total. The normalized spacial score (nSPS) is 26.5. The van der Waals surface area contributed by atoms with E-state index in [1.807, 2.05) is 0 Å². The van der Waals surface area contributed by atoms with Crippen molar-refractivity contribution >= 4 is 11.8 Å². The first-order valence-electron chi connectivity index (χ1n) is 10.2. The fraction of sp³-hybridized carbons (Fsp3) is 0.619. The van der Waals surface area contributed by atoms with Crippen LogP contribution in [-0.2, 0) is 11.3 Å². The molecule has 28 heavy (non-hydrogen) atoms. The summed E-state index contributed by atoms with van der Waals surface area (Å²) in [5.74, 6) is -1.47. The molecule has 6 nitrogen and oxygen atoms in total. The zero-order valence-electron chi connectivity index (χ0n) is 16.3. The Hall–Kier alpha value is -1.99. The lowest BCUT2D eigenvalue weighted by molar-refractivity contribution is 0.0217. The molecule has 7 heteroatoms. The third-order valence-corrected chi connectivity index (χ3v) is 6.70. The standard InChI is InChI=1S/C21H28FN3O3/c1-28-17-4-2-15(3-5-17)24-8-6-16(7-9-24)25-12-13-10-14(22)11-18(20(23)26)19(13)21(25)27/h10-11,15-17H,2-9,12H2,1H3,(H2,23,26)/t15-,17+. The van der Waals surface area contributed by atoms with Crippen LogP contribution in [0.4, 0.5) is 4.39 Å². The van der Waals surface area contributed by atoms with Gasteiger partial charge < -0.3 is 20.3 Å². The van der Waals surface area contributed by atoms with Crippen molar-refractivity contribution in [3.05, 3.63) is 34.6 Å². The molecule has 1 saturated heterocycles. The van der Waals surface area contributed by atoms with E-state index in [-0.39, 0.29) is 23.1 Å². The molecular formula is C21H28FN3O3. The number of hydrogen-bond donors (Lipinski definition) is 1. The van der Waals surface area contributed by atoms with Gasteiger partial charge in [-0.2, -0.15) is 0 Å². The summed E-state index contributed by atoms with van der Waals surface area (Å²) >= 11 is 0. The Labute approximate surface area is 164 Å². The first-order valence-corrected chi connectivity index (χ1v) is 10.2. The summed E-state index contributed by atoms with van der Waals surface area (Å²) in [6.07, 6.45) is 6.76. The SMILES string of the molecule is CO[C@H]1CC[C@@H](N2CCC(N3Cc4cc(F)cc(C(N)=O)c4C3=O)CC2)CC1. The summed E-state index contributed by atoms with van der Waals surface area (Å²) in [6, 6.07) is 3.15. The summed E-state index contributed by atoms with van der Waals surface area (Å²) in [5, 5.41) is 0. The van der Waals surface area contributed by atoms with Crippen LogP contribution in [0.1, 0.15) is 64.8 Å². The first kappa shape index (κ1) is 19.3. The zero-order chi connectivity index (χ0) is 19.8. The van der Waals surface area contributed by atoms with Gasteiger partial charge >= 0.3 is 0 Å². The van der Waals surface area contributed by atoms with Crippen molar-refractivity contribution in [2.45, 2.75) is 63.3 Å². The maximum atomic E-state index is 13.8. The molecule has 3 aliphatic rings. The number of fused-ring (bicyclic) bond motifs is 1. The van der Waals surface area contributed by atoms with E-state index in [0.717, 1.165) is 44.8 Å². The molecule has 1 saturated carbocycles. The molecule has 0 spiro atoms. The number of primary amides is 1. The summed E-state index contributed by atoms with van der Waals surface area (Å²) in [6.45, 7) is 2.28. The zero-order valence-corrected chi connectivity index (χ0v) is 16.3. The van der Waals surface area contributed by atoms with Crippen LogP contribution in [0.25, 0.3) is 0 Å². The van der Waals surface area contributed by atoms with Crippen molar-refractivity contribution < 1.29 is 18.7 Å². The number of piperidine rings is 1. The van der Waals surface area contributed by atoms with Gasteiger partial charge in [0.15, 0.2) is 0 Å². The third-order valence-electron chi connectivity index (χ3n) is 6.70. The second kappa shape index (κ2) is 7.79. The van der Waals surface area contributed by atoms with Crippen molar-refractivity contribution in [3.63, 3.8) is 0 Å². The number of hydrogen-bond acceptors (Lipinski definition) is 4. The Morgan fingerprint density at radius 3 is 2.39 bits per heavy atom. The number of amides is 2. The quantitative estimate of drug-likeness (QED) is 0.857. The highest BCUT2D eigenvalue weighted by molar-refractivity contribution is 6.09. The fourth-order valence-electron chi connectivity index (χ4n) is 5.14. The van der Waals surface area contributed by atoms with E-state index < -0.39 is 11.7 Å². The molecule has 1 aromatic carbocycles. The summed E-state index contributed by atoms with van der Waals surface area (Å²) in [4.78, 5) is 29.0. The van der Waals surface area contributed by atoms with E-state index in [1.165, 1.54) is 18.9 Å². The van der Waals surface area contributed by atoms with Gasteiger partial charge in [0.05, 0.1) is 17.2 Å². The van der Waals surface area contributed by atoms with Crippen LogP contribution < -0.4 is 5.73 Å². The van der Waals surface area contributed by atoms with Crippen LogP contribution in [0.5, 0.6) is 0 Å². The lowest BCUT2D eigenvalue weighted by Gasteiger charge is -2.42. The number of rotatable bonds is 4. The summed E-state index contributed by atoms with van der Waals surface area (Å²) in [5.41, 5.74) is 6.22. The Balaban J connectivity index is 1.40. The summed E-state index contributed by atoms with van der Waals surface area (Å²) < 4.78 is 19.3. The highest BCUT2D eigenvalue weighted by Gasteiger charge is 2.38. The van der Waals surface area contributed by atoms with E-state index in [2.05, 4.69) is 4.90 Å². The second-order valence-corrected chi connectivity index (χ2v) is 8.22. The largest absolute Gasteiger partial charge is 0.381 e. The van der Waals surface area contributed by atoms with Crippen LogP contribution in [0.2, 0.25) is 0 Å². The Bertz CT molecular complexity index is 768. The molecule has 2 amide bonds. The molecule has 2 heterocycles. The molecule has 0 bridgehead atoms. The fourth-order valence-corrected chi connectivity index (χ4v) is 5.14. The number of benzene rings is 1. The molecule has 1 aromatic rings. The van der Waals surface area contributed by atoms with E-state index in [1.54, 1.807) is 12.0 Å². The molecule has 4 rings (SSSR count). The molecule has 152 valence electrons. The van der Waals surface area contributed by atoms with Gasteiger partial charge in [0, 0.05) is 38.8 Å². The molecule has 0 unspecified atom stereocenters. The van der Waals surface area contributed by atoms with Crippen molar-refractivity contribution in [2.24, 2.45) is 5.73 Å². The number of halogens is 1. The number of likely N-dealkylation sites (tertiary alicyclic amines) is 1. The number of carbonyl (C=O) groups excluding carboxylic acids is 2. The molecule has 2 aliphatic heterocycles. The van der Waals surface area contributed by atoms with Crippen LogP contribution in [-0.4, -0.2) is 60.0 Å². The summed E-state index contributed by atoms with van der Waals surface area (Å²) in [7, 11) is 1.79. The van der Waals surface area contributed by atoms with Crippen molar-refractivity contribution in [3.8, 4) is 0 Å². The van der Waals surface area contributed by atoms with Gasteiger partial charge in [-0.15, -0.1) is 0 Å². The van der Waals surface area contributed by atoms with Gasteiger partial charge in [-0.3, -0.25) is 9.59 Å². The maximum Gasteiger partial charge on any atom is 0.255 e. The predicted molar refractivity (Wildman–Crippen MR) is 102 cm³/mol. The minimum atomic E-state index is -0.757. The van der Waals surface area contributed by atoms with Crippen molar-refractivity contribution in [2.75, 3.05) is 20.2 Å². The van der Waals surface area contributed by atoms with Gasteiger partial charge in [-0.25, -0.2) is 4.39 Å². The Morgan fingerprint density at radius 2 is 1.79 bits per heavy atom. The lowest BCUT2D eigenvalue weighted by Crippen LogP contribution is -2.49. The smallest absolute Gasteiger partial charge is 0.255 e. The molecule has 0 aromatic heterocycles. The Morgan fingerprint density at radius 1 is 1.11 bits per heavy atom. The maximum absolute atomic E-state index is 13.8. The Kier molecular flexibility index (Phi) is 5.38. The average Bonchev–Trinajstić information content (AvgIpc) is 3.03. The molecule has 0 radical (unpaired) electrons. The highest BCUT2D eigenvalue weighted by Crippen LogP contribution is 2.33. The van der Waals surface area contributed by atoms with Gasteiger partial charge in [-0.05, 0) is 56.2 Å². The minimum absolute atomic E-state index is 0.00478. The van der Waals surface area contributed by atoms with Gasteiger partial charge in [0.25, 0.3) is 5.91 Å². The van der Waals surface area contributed by atoms with Crippen LogP contribution in [0, 0.1) is 5.82 Å². The topological polar surface area (TPSA) is 75.9 Å². The minimum Gasteiger partial charge on any atom is -0.381 e. The van der Waals surface area contributed by atoms with Gasteiger partial charge in [0.2, 0.25) is 5.91 Å². The predicted octanol–water partition coefficient (Wildman–Crippen LogP) is 2.30. The first-order chi connectivity index (χ1) is 13.5. The lowest BCUT2D eigenvalue weighted by atomic mass is 9.90. The van der Waals surface area contributed by atoms with Crippen molar-refractivity contribution in [1.82, 2.24) is 9.80 Å². The number of nitrogens with zero attached hydrogens (tertiary/aromatic N) is 2. The van der Waals surface area contributed by atoms with E-state index in [9.17, 15) is 14.0 Å². The van der Waals surface area contributed by atoms with Crippen LogP contribution in [0.15, 0.2) is 12.1 Å². The number of nitrogens with two attached hydrogens (primary N) is 1. The number of carbonyl (C=O) groups is 2. The average molecular weight is 389 g/mol. The van der Waals surface area contributed by atoms with E-state index in [4.69, 9.17) is 10.5 Å². The van der Waals surface area contributed by atoms with Crippen LogP contribution in [0.3, 0.4) is 0 Å². The van der Waals surface area contributed by atoms with Gasteiger partial charge in [0.1, 0.15) is 5.82 Å². The van der Waals surface area contributed by atoms with E-state index >= 15 is 0 Å². The van der Waals surface area contributed by atoms with Crippen molar-refractivity contribution in [1.29, 1.82) is 0 Å². The number of ether oxygens (including phenoxy) is 1. The monoisotopic (exact) mass is 389 g/mol. The molecular weight excluding hydrogens is 361 g/mol. The molecule has 0 atom stereocenters.